The number of hydrogen-bond acceptors (Lipinski definition) is 2. The summed E-state index contributed by atoms with van der Waals surface area (Å²) in [5.41, 5.74) is 2.51. The molecule has 5 heteroatoms. The molecule has 0 N–H and O–H groups in total. The van der Waals surface area contributed by atoms with Crippen LogP contribution in [0.1, 0.15) is 43.4 Å². The van der Waals surface area contributed by atoms with Gasteiger partial charge < -0.3 is 9.64 Å². The van der Waals surface area contributed by atoms with Crippen LogP contribution in [0.4, 0.5) is 8.78 Å². The Bertz CT molecular complexity index is 835. The van der Waals surface area contributed by atoms with Crippen LogP contribution in [0, 0.1) is 11.6 Å². The Morgan fingerprint density at radius 1 is 1.12 bits per heavy atom. The quantitative estimate of drug-likeness (QED) is 0.793. The lowest BCUT2D eigenvalue weighted by Gasteiger charge is -2.32. The van der Waals surface area contributed by atoms with Gasteiger partial charge in [-0.1, -0.05) is 24.3 Å². The molecule has 0 aromatic heterocycles. The molecule has 0 bridgehead atoms. The number of hydrogen-bond donors (Lipinski definition) is 0. The summed E-state index contributed by atoms with van der Waals surface area (Å²) in [7, 11) is 0. The average molecular weight is 357 g/mol. The molecule has 3 nitrogen and oxygen atoms in total. The zero-order chi connectivity index (χ0) is 18.3. The molecule has 2 aliphatic rings. The van der Waals surface area contributed by atoms with Crippen LogP contribution in [0.3, 0.4) is 0 Å². The predicted octanol–water partition coefficient (Wildman–Crippen LogP) is 4.41. The first-order valence-electron chi connectivity index (χ1n) is 9.06. The number of aryl methyl sites for hydroxylation is 1. The fraction of sp³-hybridized carbons (Fsp3) is 0.381. The Kier molecular flexibility index (Phi) is 4.39. The molecule has 2 atom stereocenters. The maximum absolute atomic E-state index is 13.4. The summed E-state index contributed by atoms with van der Waals surface area (Å²) in [5, 5.41) is 0. The number of carbonyl (C=O) groups excluding carboxylic acids is 1. The molecule has 2 aromatic rings. The molecule has 0 saturated heterocycles. The van der Waals surface area contributed by atoms with Gasteiger partial charge in [-0.3, -0.25) is 4.79 Å². The van der Waals surface area contributed by atoms with Crippen LogP contribution in [0.15, 0.2) is 42.5 Å². The van der Waals surface area contributed by atoms with Crippen molar-refractivity contribution in [3.63, 3.8) is 0 Å². The molecule has 4 rings (SSSR count). The van der Waals surface area contributed by atoms with Gasteiger partial charge in [0.05, 0.1) is 6.04 Å². The van der Waals surface area contributed by atoms with Crippen molar-refractivity contribution in [2.24, 2.45) is 0 Å². The highest BCUT2D eigenvalue weighted by molar-refractivity contribution is 5.82. The number of halogens is 2. The van der Waals surface area contributed by atoms with Crippen molar-refractivity contribution in [1.82, 2.24) is 4.90 Å². The lowest BCUT2D eigenvalue weighted by molar-refractivity contribution is -0.141. The van der Waals surface area contributed by atoms with Crippen LogP contribution in [0.2, 0.25) is 0 Å². The van der Waals surface area contributed by atoms with Gasteiger partial charge in [0.25, 0.3) is 5.91 Å². The monoisotopic (exact) mass is 357 g/mol. The number of carbonyl (C=O) groups is 1. The van der Waals surface area contributed by atoms with E-state index in [-0.39, 0.29) is 23.7 Å². The summed E-state index contributed by atoms with van der Waals surface area (Å²) in [4.78, 5) is 15.1. The van der Waals surface area contributed by atoms with E-state index in [1.165, 1.54) is 17.2 Å². The highest BCUT2D eigenvalue weighted by Gasteiger charge is 2.42. The fourth-order valence-electron chi connectivity index (χ4n) is 3.78. The third-order valence-corrected chi connectivity index (χ3v) is 5.18. The molecular weight excluding hydrogens is 336 g/mol. The first-order chi connectivity index (χ1) is 12.5. The SMILES string of the molecule is CC(Oc1ccc(F)c(F)c1)C(=O)N(C1CC1)C1CCc2ccccc21. The van der Waals surface area contributed by atoms with E-state index >= 15 is 0 Å². The smallest absolute Gasteiger partial charge is 0.264 e. The van der Waals surface area contributed by atoms with Gasteiger partial charge in [0.2, 0.25) is 0 Å². The van der Waals surface area contributed by atoms with Crippen LogP contribution < -0.4 is 4.74 Å². The minimum atomic E-state index is -0.981. The average Bonchev–Trinajstić information content (AvgIpc) is 3.38. The summed E-state index contributed by atoms with van der Waals surface area (Å²) in [6, 6.07) is 11.9. The number of ether oxygens (including phenoxy) is 1. The van der Waals surface area contributed by atoms with Crippen LogP contribution in [0.5, 0.6) is 5.75 Å². The van der Waals surface area contributed by atoms with Gasteiger partial charge in [-0.15, -0.1) is 0 Å². The van der Waals surface area contributed by atoms with Crippen molar-refractivity contribution in [3.8, 4) is 5.75 Å². The molecule has 1 amide bonds. The third kappa shape index (κ3) is 3.18. The normalized spacial score (nSPS) is 19.7. The van der Waals surface area contributed by atoms with E-state index in [2.05, 4.69) is 12.1 Å². The second-order valence-electron chi connectivity index (χ2n) is 7.07. The molecule has 1 saturated carbocycles. The second kappa shape index (κ2) is 6.71. The number of amides is 1. The number of nitrogens with zero attached hydrogens (tertiary/aromatic N) is 1. The van der Waals surface area contributed by atoms with Crippen molar-refractivity contribution in [1.29, 1.82) is 0 Å². The van der Waals surface area contributed by atoms with Crippen molar-refractivity contribution in [3.05, 3.63) is 65.2 Å². The van der Waals surface area contributed by atoms with E-state index in [1.54, 1.807) is 6.92 Å². The fourth-order valence-corrected chi connectivity index (χ4v) is 3.78. The molecule has 26 heavy (non-hydrogen) atoms. The standard InChI is InChI=1S/C21H21F2NO2/c1-13(26-16-9-10-18(22)19(23)12-16)21(25)24(15-7-8-15)20-11-6-14-4-2-3-5-17(14)20/h2-5,9-10,12-13,15,20H,6-8,11H2,1H3. The first-order valence-corrected chi connectivity index (χ1v) is 9.06. The zero-order valence-corrected chi connectivity index (χ0v) is 14.6. The molecule has 0 radical (unpaired) electrons. The van der Waals surface area contributed by atoms with E-state index in [0.29, 0.717) is 0 Å². The van der Waals surface area contributed by atoms with Gasteiger partial charge in [-0.25, -0.2) is 8.78 Å². The van der Waals surface area contributed by atoms with E-state index in [9.17, 15) is 13.6 Å². The zero-order valence-electron chi connectivity index (χ0n) is 14.6. The molecule has 1 fully saturated rings. The van der Waals surface area contributed by atoms with E-state index in [0.717, 1.165) is 37.8 Å². The van der Waals surface area contributed by atoms with Crippen molar-refractivity contribution < 1.29 is 18.3 Å². The topological polar surface area (TPSA) is 29.5 Å². The van der Waals surface area contributed by atoms with Crippen molar-refractivity contribution in [2.45, 2.75) is 50.8 Å². The van der Waals surface area contributed by atoms with Gasteiger partial charge in [-0.05, 0) is 55.9 Å². The highest BCUT2D eigenvalue weighted by atomic mass is 19.2. The Labute approximate surface area is 151 Å². The van der Waals surface area contributed by atoms with Crippen LogP contribution in [0.25, 0.3) is 0 Å². The molecule has 2 aliphatic carbocycles. The van der Waals surface area contributed by atoms with Gasteiger partial charge >= 0.3 is 0 Å². The molecular formula is C21H21F2NO2. The first kappa shape index (κ1) is 17.0. The molecule has 136 valence electrons. The number of fused-ring (bicyclic) bond motifs is 1. The minimum Gasteiger partial charge on any atom is -0.481 e. The maximum atomic E-state index is 13.4. The van der Waals surface area contributed by atoms with Crippen LogP contribution in [-0.2, 0) is 11.2 Å². The molecule has 2 unspecified atom stereocenters. The van der Waals surface area contributed by atoms with E-state index in [4.69, 9.17) is 4.74 Å². The number of benzene rings is 2. The molecule has 2 aromatic carbocycles. The lowest BCUT2D eigenvalue weighted by Crippen LogP contribution is -2.43. The van der Waals surface area contributed by atoms with Gasteiger partial charge in [0, 0.05) is 12.1 Å². The largest absolute Gasteiger partial charge is 0.481 e. The summed E-state index contributed by atoms with van der Waals surface area (Å²) >= 11 is 0. The number of rotatable bonds is 5. The summed E-state index contributed by atoms with van der Waals surface area (Å²) < 4.78 is 32.1. The lowest BCUT2D eigenvalue weighted by atomic mass is 10.1. The summed E-state index contributed by atoms with van der Waals surface area (Å²) in [6.45, 7) is 1.67. The third-order valence-electron chi connectivity index (χ3n) is 5.18. The Morgan fingerprint density at radius 2 is 1.88 bits per heavy atom. The van der Waals surface area contributed by atoms with E-state index in [1.807, 2.05) is 17.0 Å². The highest BCUT2D eigenvalue weighted by Crippen LogP contribution is 2.42. The Hall–Kier alpha value is -2.43. The maximum Gasteiger partial charge on any atom is 0.264 e. The van der Waals surface area contributed by atoms with Crippen LogP contribution >= 0.6 is 0 Å². The molecule has 0 spiro atoms. The van der Waals surface area contributed by atoms with E-state index < -0.39 is 17.7 Å². The Morgan fingerprint density at radius 3 is 2.62 bits per heavy atom. The summed E-state index contributed by atoms with van der Waals surface area (Å²) in [6.07, 6.45) is 3.13. The Balaban J connectivity index is 1.53. The second-order valence-corrected chi connectivity index (χ2v) is 7.07. The van der Waals surface area contributed by atoms with Crippen LogP contribution in [-0.4, -0.2) is 23.0 Å². The molecule has 0 heterocycles. The van der Waals surface area contributed by atoms with Gasteiger partial charge in [-0.2, -0.15) is 0 Å². The minimum absolute atomic E-state index is 0.0715. The van der Waals surface area contributed by atoms with Crippen molar-refractivity contribution >= 4 is 5.91 Å². The summed E-state index contributed by atoms with van der Waals surface area (Å²) in [5.74, 6) is -1.85. The molecule has 0 aliphatic heterocycles. The van der Waals surface area contributed by atoms with Gasteiger partial charge in [0.15, 0.2) is 17.7 Å². The predicted molar refractivity (Wildman–Crippen MR) is 93.8 cm³/mol. The van der Waals surface area contributed by atoms with Gasteiger partial charge in [0.1, 0.15) is 5.75 Å². The van der Waals surface area contributed by atoms with Crippen molar-refractivity contribution in [2.75, 3.05) is 0 Å².